The van der Waals surface area contributed by atoms with Gasteiger partial charge in [-0.15, -0.1) is 0 Å². The Morgan fingerprint density at radius 3 is 2.13 bits per heavy atom. The van der Waals surface area contributed by atoms with Crippen LogP contribution < -0.4 is 5.73 Å². The first-order chi connectivity index (χ1) is 6.62. The van der Waals surface area contributed by atoms with Crippen LogP contribution in [-0.2, 0) is 9.53 Å². The van der Waals surface area contributed by atoms with Crippen molar-refractivity contribution in [1.29, 1.82) is 0 Å². The maximum absolute atomic E-state index is 10.8. The van der Waals surface area contributed by atoms with Gasteiger partial charge in [0.2, 0.25) is 0 Å². The van der Waals surface area contributed by atoms with E-state index in [-0.39, 0.29) is 16.9 Å². The molecule has 0 fully saturated rings. The molecule has 15 heavy (non-hydrogen) atoms. The van der Waals surface area contributed by atoms with Crippen LogP contribution in [0.25, 0.3) is 0 Å². The molecule has 0 saturated carbocycles. The van der Waals surface area contributed by atoms with Gasteiger partial charge >= 0.3 is 0 Å². The van der Waals surface area contributed by atoms with Crippen molar-refractivity contribution in [2.45, 2.75) is 65.0 Å². The van der Waals surface area contributed by atoms with Gasteiger partial charge < -0.3 is 15.3 Å². The lowest BCUT2D eigenvalue weighted by atomic mass is 10.00. The molecule has 0 saturated heterocycles. The lowest BCUT2D eigenvalue weighted by Gasteiger charge is -2.27. The molecular weight excluding hydrogens is 190 g/mol. The zero-order valence-electron chi connectivity index (χ0n) is 10.7. The van der Waals surface area contributed by atoms with Crippen molar-refractivity contribution in [3.63, 3.8) is 0 Å². The number of ether oxygens (including phenoxy) is 1. The zero-order valence-corrected chi connectivity index (χ0v) is 10.7. The summed E-state index contributed by atoms with van der Waals surface area (Å²) in [4.78, 5) is 10.8. The molecule has 0 aliphatic heterocycles. The summed E-state index contributed by atoms with van der Waals surface area (Å²) in [5.41, 5.74) is 5.44. The number of hydrogen-bond acceptors (Lipinski definition) is 3. The number of carbonyl (C=O) groups is 1. The number of Topliss-reactive ketones (excluding diaryl/α,β-unsaturated/α-hetero) is 1. The molecule has 2 N–H and O–H groups in total. The van der Waals surface area contributed by atoms with Crippen LogP contribution in [0, 0.1) is 0 Å². The van der Waals surface area contributed by atoms with Crippen LogP contribution in [0.5, 0.6) is 0 Å². The summed E-state index contributed by atoms with van der Waals surface area (Å²) in [6.45, 7) is 10.3. The maximum Gasteiger partial charge on any atom is 0.129 e. The summed E-state index contributed by atoms with van der Waals surface area (Å²) in [7, 11) is 0. The first-order valence-electron chi connectivity index (χ1n) is 5.55. The second-order valence-corrected chi connectivity index (χ2v) is 5.55. The maximum atomic E-state index is 10.8. The molecule has 0 aliphatic carbocycles. The zero-order chi connectivity index (χ0) is 12.1. The van der Waals surface area contributed by atoms with Crippen LogP contribution in [0.3, 0.4) is 0 Å². The van der Waals surface area contributed by atoms with Crippen molar-refractivity contribution in [2.75, 3.05) is 6.61 Å². The van der Waals surface area contributed by atoms with E-state index in [1.807, 2.05) is 27.7 Å². The molecule has 0 bridgehead atoms. The topological polar surface area (TPSA) is 52.3 Å². The Hall–Kier alpha value is -0.410. The van der Waals surface area contributed by atoms with Crippen molar-refractivity contribution in [2.24, 2.45) is 5.73 Å². The molecular formula is C12H25NO2. The van der Waals surface area contributed by atoms with Crippen molar-refractivity contribution in [3.8, 4) is 0 Å². The fourth-order valence-electron chi connectivity index (χ4n) is 1.14. The Morgan fingerprint density at radius 2 is 1.73 bits per heavy atom. The standard InChI is InChI=1S/C12H25NO2/c1-10(14)6-7-12(4,5)15-9-8-11(2,3)13/h6-9,13H2,1-5H3. The molecule has 0 heterocycles. The normalized spacial score (nSPS) is 12.9. The summed E-state index contributed by atoms with van der Waals surface area (Å²) >= 11 is 0. The highest BCUT2D eigenvalue weighted by molar-refractivity contribution is 5.75. The predicted molar refractivity (Wildman–Crippen MR) is 62.8 cm³/mol. The Kier molecular flexibility index (Phi) is 5.46. The summed E-state index contributed by atoms with van der Waals surface area (Å²) in [6, 6.07) is 0. The monoisotopic (exact) mass is 215 g/mol. The first kappa shape index (κ1) is 14.6. The second-order valence-electron chi connectivity index (χ2n) is 5.55. The van der Waals surface area contributed by atoms with E-state index in [9.17, 15) is 4.79 Å². The smallest absolute Gasteiger partial charge is 0.129 e. The van der Waals surface area contributed by atoms with Crippen LogP contribution >= 0.6 is 0 Å². The number of ketones is 1. The van der Waals surface area contributed by atoms with Crippen molar-refractivity contribution >= 4 is 5.78 Å². The van der Waals surface area contributed by atoms with Crippen molar-refractivity contribution in [1.82, 2.24) is 0 Å². The van der Waals surface area contributed by atoms with Gasteiger partial charge in [-0.2, -0.15) is 0 Å². The van der Waals surface area contributed by atoms with Crippen LogP contribution in [0.1, 0.15) is 53.9 Å². The Labute approximate surface area is 93.4 Å². The Morgan fingerprint density at radius 1 is 1.20 bits per heavy atom. The summed E-state index contributed by atoms with van der Waals surface area (Å²) in [5.74, 6) is 0.214. The largest absolute Gasteiger partial charge is 0.375 e. The average molecular weight is 215 g/mol. The van der Waals surface area contributed by atoms with E-state index in [2.05, 4.69) is 0 Å². The molecule has 0 unspecified atom stereocenters. The Bertz CT molecular complexity index is 204. The highest BCUT2D eigenvalue weighted by atomic mass is 16.5. The van der Waals surface area contributed by atoms with Crippen molar-refractivity contribution < 1.29 is 9.53 Å². The highest BCUT2D eigenvalue weighted by Crippen LogP contribution is 2.18. The molecule has 0 aromatic heterocycles. The molecule has 0 amide bonds. The molecule has 3 nitrogen and oxygen atoms in total. The lowest BCUT2D eigenvalue weighted by Crippen LogP contribution is -2.35. The second kappa shape index (κ2) is 5.61. The molecule has 0 atom stereocenters. The molecule has 0 radical (unpaired) electrons. The van der Waals surface area contributed by atoms with E-state index in [1.165, 1.54) is 0 Å². The number of rotatable bonds is 7. The van der Waals surface area contributed by atoms with Gasteiger partial charge in [-0.25, -0.2) is 0 Å². The van der Waals surface area contributed by atoms with E-state index in [0.717, 1.165) is 12.8 Å². The predicted octanol–water partition coefficient (Wildman–Crippen LogP) is 2.28. The third kappa shape index (κ3) is 9.88. The van der Waals surface area contributed by atoms with Crippen LogP contribution in [0.2, 0.25) is 0 Å². The molecule has 0 rings (SSSR count). The van der Waals surface area contributed by atoms with Gasteiger partial charge in [0.15, 0.2) is 0 Å². The fourth-order valence-corrected chi connectivity index (χ4v) is 1.14. The van der Waals surface area contributed by atoms with Gasteiger partial charge in [0.05, 0.1) is 5.60 Å². The SMILES string of the molecule is CC(=O)CCC(C)(C)OCCC(C)(C)N. The van der Waals surface area contributed by atoms with Crippen LogP contribution in [0.15, 0.2) is 0 Å². The van der Waals surface area contributed by atoms with E-state index < -0.39 is 0 Å². The van der Waals surface area contributed by atoms with Crippen LogP contribution in [0.4, 0.5) is 0 Å². The van der Waals surface area contributed by atoms with Gasteiger partial charge in [-0.3, -0.25) is 0 Å². The molecule has 0 aliphatic rings. The molecule has 90 valence electrons. The third-order valence-electron chi connectivity index (χ3n) is 2.32. The van der Waals surface area contributed by atoms with Gasteiger partial charge in [-0.05, 0) is 47.5 Å². The molecule has 0 aromatic rings. The summed E-state index contributed by atoms with van der Waals surface area (Å²) < 4.78 is 5.72. The molecule has 3 heteroatoms. The van der Waals surface area contributed by atoms with E-state index in [1.54, 1.807) is 6.92 Å². The number of hydrogen-bond donors (Lipinski definition) is 1. The average Bonchev–Trinajstić information content (AvgIpc) is 1.98. The van der Waals surface area contributed by atoms with E-state index in [4.69, 9.17) is 10.5 Å². The minimum Gasteiger partial charge on any atom is -0.375 e. The Balaban J connectivity index is 3.78. The van der Waals surface area contributed by atoms with Gasteiger partial charge in [0, 0.05) is 18.6 Å². The van der Waals surface area contributed by atoms with Gasteiger partial charge in [0.1, 0.15) is 5.78 Å². The van der Waals surface area contributed by atoms with Gasteiger partial charge in [0.25, 0.3) is 0 Å². The fraction of sp³-hybridized carbons (Fsp3) is 0.917. The molecule has 0 spiro atoms. The number of carbonyl (C=O) groups excluding carboxylic acids is 1. The highest BCUT2D eigenvalue weighted by Gasteiger charge is 2.20. The first-order valence-corrected chi connectivity index (χ1v) is 5.55. The van der Waals surface area contributed by atoms with Crippen molar-refractivity contribution in [3.05, 3.63) is 0 Å². The minimum absolute atomic E-state index is 0.184. The lowest BCUT2D eigenvalue weighted by molar-refractivity contribution is -0.118. The van der Waals surface area contributed by atoms with E-state index >= 15 is 0 Å². The third-order valence-corrected chi connectivity index (χ3v) is 2.32. The summed E-state index contributed by atoms with van der Waals surface area (Å²) in [6.07, 6.45) is 2.18. The number of nitrogens with two attached hydrogens (primary N) is 1. The van der Waals surface area contributed by atoms with Crippen LogP contribution in [-0.4, -0.2) is 23.5 Å². The van der Waals surface area contributed by atoms with E-state index in [0.29, 0.717) is 13.0 Å². The minimum atomic E-state index is -0.225. The quantitative estimate of drug-likeness (QED) is 0.709. The van der Waals surface area contributed by atoms with Gasteiger partial charge in [-0.1, -0.05) is 0 Å². The summed E-state index contributed by atoms with van der Waals surface area (Å²) in [5, 5.41) is 0. The molecule has 0 aromatic carbocycles.